The second-order valence-electron chi connectivity index (χ2n) is 3.73. The lowest BCUT2D eigenvalue weighted by Crippen LogP contribution is -2.15. The Hall–Kier alpha value is -2.08. The molecule has 94 valence electrons. The zero-order valence-corrected chi connectivity index (χ0v) is 10.2. The minimum Gasteiger partial charge on any atom is -0.312 e. The summed E-state index contributed by atoms with van der Waals surface area (Å²) in [6.45, 7) is 0. The standard InChI is InChI=1S/C11H9FN4O.ClH/c1-15-8-2-3-9(10(12)7(8)6-14-15)16-5-4-13-11(16)17;/h2-6H,1H3,(H,13,17);1H. The molecule has 0 fully saturated rings. The lowest BCUT2D eigenvalue weighted by atomic mass is 10.2. The van der Waals surface area contributed by atoms with E-state index in [1.54, 1.807) is 23.9 Å². The molecule has 0 aliphatic rings. The highest BCUT2D eigenvalue weighted by Crippen LogP contribution is 2.22. The van der Waals surface area contributed by atoms with E-state index in [-0.39, 0.29) is 23.8 Å². The lowest BCUT2D eigenvalue weighted by molar-refractivity contribution is 0.628. The number of hydrogen-bond donors (Lipinski definition) is 1. The van der Waals surface area contributed by atoms with Gasteiger partial charge in [0.25, 0.3) is 0 Å². The molecule has 0 aliphatic heterocycles. The monoisotopic (exact) mass is 268 g/mol. The van der Waals surface area contributed by atoms with Crippen LogP contribution >= 0.6 is 12.4 Å². The minimum atomic E-state index is -0.447. The van der Waals surface area contributed by atoms with Crippen LogP contribution in [0.25, 0.3) is 16.6 Å². The van der Waals surface area contributed by atoms with Crippen molar-refractivity contribution in [1.82, 2.24) is 19.3 Å². The number of fused-ring (bicyclic) bond motifs is 1. The molecule has 1 N–H and O–H groups in total. The van der Waals surface area contributed by atoms with Crippen molar-refractivity contribution >= 4 is 23.3 Å². The van der Waals surface area contributed by atoms with Gasteiger partial charge in [0, 0.05) is 19.4 Å². The average Bonchev–Trinajstić information content (AvgIpc) is 2.88. The van der Waals surface area contributed by atoms with E-state index in [9.17, 15) is 9.18 Å². The molecule has 0 saturated heterocycles. The van der Waals surface area contributed by atoms with E-state index in [2.05, 4.69) is 10.1 Å². The van der Waals surface area contributed by atoms with E-state index in [1.807, 2.05) is 0 Å². The Morgan fingerprint density at radius 3 is 2.83 bits per heavy atom. The van der Waals surface area contributed by atoms with Crippen molar-refractivity contribution in [2.24, 2.45) is 7.05 Å². The van der Waals surface area contributed by atoms with Crippen LogP contribution in [0.3, 0.4) is 0 Å². The van der Waals surface area contributed by atoms with Gasteiger partial charge in [-0.25, -0.2) is 9.18 Å². The highest BCUT2D eigenvalue weighted by molar-refractivity contribution is 5.85. The van der Waals surface area contributed by atoms with Gasteiger partial charge < -0.3 is 4.98 Å². The van der Waals surface area contributed by atoms with Gasteiger partial charge in [-0.15, -0.1) is 12.4 Å². The molecule has 7 heteroatoms. The van der Waals surface area contributed by atoms with Crippen molar-refractivity contribution < 1.29 is 4.39 Å². The summed E-state index contributed by atoms with van der Waals surface area (Å²) in [7, 11) is 1.74. The molecule has 2 heterocycles. The van der Waals surface area contributed by atoms with Crippen molar-refractivity contribution in [3.63, 3.8) is 0 Å². The Kier molecular flexibility index (Phi) is 2.96. The van der Waals surface area contributed by atoms with Crippen LogP contribution in [0.1, 0.15) is 0 Å². The number of aromatic nitrogens is 4. The first-order valence-electron chi connectivity index (χ1n) is 5.05. The molecule has 3 rings (SSSR count). The molecular weight excluding hydrogens is 259 g/mol. The van der Waals surface area contributed by atoms with Gasteiger partial charge in [-0.2, -0.15) is 5.10 Å². The number of benzene rings is 1. The van der Waals surface area contributed by atoms with Crippen LogP contribution in [-0.4, -0.2) is 19.3 Å². The fourth-order valence-electron chi connectivity index (χ4n) is 1.88. The van der Waals surface area contributed by atoms with Crippen LogP contribution in [0.2, 0.25) is 0 Å². The van der Waals surface area contributed by atoms with Crippen LogP contribution < -0.4 is 5.69 Å². The summed E-state index contributed by atoms with van der Waals surface area (Å²) in [4.78, 5) is 13.9. The maximum absolute atomic E-state index is 14.2. The van der Waals surface area contributed by atoms with E-state index in [0.29, 0.717) is 10.9 Å². The lowest BCUT2D eigenvalue weighted by Gasteiger charge is -2.04. The summed E-state index contributed by atoms with van der Waals surface area (Å²) in [5.74, 6) is -0.447. The van der Waals surface area contributed by atoms with Gasteiger partial charge in [0.15, 0.2) is 5.82 Å². The summed E-state index contributed by atoms with van der Waals surface area (Å²) in [6.07, 6.45) is 4.41. The SMILES string of the molecule is Cl.Cn1ncc2c(F)c(-n3cc[nH]c3=O)ccc21. The van der Waals surface area contributed by atoms with Gasteiger partial charge in [-0.3, -0.25) is 9.25 Å². The van der Waals surface area contributed by atoms with Gasteiger partial charge in [-0.1, -0.05) is 0 Å². The summed E-state index contributed by atoms with van der Waals surface area (Å²) in [6, 6.07) is 3.30. The zero-order valence-electron chi connectivity index (χ0n) is 9.42. The molecule has 0 spiro atoms. The summed E-state index contributed by atoms with van der Waals surface area (Å²) >= 11 is 0. The first-order chi connectivity index (χ1) is 8.18. The van der Waals surface area contributed by atoms with Crippen molar-refractivity contribution in [2.75, 3.05) is 0 Å². The van der Waals surface area contributed by atoms with Gasteiger partial charge in [0.2, 0.25) is 0 Å². The van der Waals surface area contributed by atoms with Crippen LogP contribution in [0.15, 0.2) is 35.5 Å². The molecule has 3 aromatic rings. The topological polar surface area (TPSA) is 55.6 Å². The summed E-state index contributed by atoms with van der Waals surface area (Å²) in [5.41, 5.74) is 0.540. The first kappa shape index (κ1) is 12.4. The molecule has 0 aliphatic carbocycles. The molecule has 0 bridgehead atoms. The Morgan fingerprint density at radius 2 is 2.17 bits per heavy atom. The summed E-state index contributed by atoms with van der Waals surface area (Å²) < 4.78 is 17.0. The Morgan fingerprint density at radius 1 is 1.39 bits per heavy atom. The van der Waals surface area contributed by atoms with Crippen molar-refractivity contribution in [3.05, 3.63) is 47.0 Å². The molecule has 0 radical (unpaired) electrons. The van der Waals surface area contributed by atoms with Gasteiger partial charge in [0.1, 0.15) is 0 Å². The van der Waals surface area contributed by atoms with Crippen molar-refractivity contribution in [1.29, 1.82) is 0 Å². The molecule has 18 heavy (non-hydrogen) atoms. The number of nitrogens with zero attached hydrogens (tertiary/aromatic N) is 3. The maximum atomic E-state index is 14.2. The predicted octanol–water partition coefficient (Wildman–Crippen LogP) is 1.61. The number of hydrogen-bond acceptors (Lipinski definition) is 2. The summed E-state index contributed by atoms with van der Waals surface area (Å²) in [5, 5.41) is 4.38. The fourth-order valence-corrected chi connectivity index (χ4v) is 1.88. The highest BCUT2D eigenvalue weighted by atomic mass is 35.5. The highest BCUT2D eigenvalue weighted by Gasteiger charge is 2.12. The quantitative estimate of drug-likeness (QED) is 0.729. The normalized spacial score (nSPS) is 10.6. The minimum absolute atomic E-state index is 0. The third-order valence-corrected chi connectivity index (χ3v) is 2.75. The van der Waals surface area contributed by atoms with Crippen molar-refractivity contribution in [2.45, 2.75) is 0 Å². The third kappa shape index (κ3) is 1.62. The number of rotatable bonds is 1. The molecule has 2 aromatic heterocycles. The largest absolute Gasteiger partial charge is 0.330 e. The third-order valence-electron chi connectivity index (χ3n) is 2.75. The number of aromatic amines is 1. The molecular formula is C11H10ClFN4O. The average molecular weight is 269 g/mol. The van der Waals surface area contributed by atoms with Crippen molar-refractivity contribution in [3.8, 4) is 5.69 Å². The number of nitrogens with one attached hydrogen (secondary N) is 1. The molecule has 0 amide bonds. The Balaban J connectivity index is 0.00000120. The molecule has 0 saturated carbocycles. The molecule has 5 nitrogen and oxygen atoms in total. The predicted molar refractivity (Wildman–Crippen MR) is 67.9 cm³/mol. The molecule has 0 unspecified atom stereocenters. The van der Waals surface area contributed by atoms with Crippen LogP contribution in [0.4, 0.5) is 4.39 Å². The smallest absolute Gasteiger partial charge is 0.312 e. The Labute approximate surface area is 107 Å². The number of imidazole rings is 1. The van der Waals surface area contributed by atoms with E-state index in [1.165, 1.54) is 23.2 Å². The zero-order chi connectivity index (χ0) is 12.0. The number of aryl methyl sites for hydroxylation is 1. The van der Waals surface area contributed by atoms with Crippen LogP contribution in [0, 0.1) is 5.82 Å². The first-order valence-corrected chi connectivity index (χ1v) is 5.05. The van der Waals surface area contributed by atoms with E-state index in [4.69, 9.17) is 0 Å². The maximum Gasteiger partial charge on any atom is 0.330 e. The van der Waals surface area contributed by atoms with Crippen LogP contribution in [0.5, 0.6) is 0 Å². The Bertz CT molecular complexity index is 758. The van der Waals surface area contributed by atoms with E-state index >= 15 is 0 Å². The second-order valence-corrected chi connectivity index (χ2v) is 3.73. The molecule has 1 aromatic carbocycles. The molecule has 0 atom stereocenters. The fraction of sp³-hybridized carbons (Fsp3) is 0.0909. The van der Waals surface area contributed by atoms with Gasteiger partial charge in [0.05, 0.1) is 22.8 Å². The van der Waals surface area contributed by atoms with E-state index < -0.39 is 5.82 Å². The number of H-pyrrole nitrogens is 1. The second kappa shape index (κ2) is 4.30. The number of halogens is 2. The van der Waals surface area contributed by atoms with Gasteiger partial charge >= 0.3 is 5.69 Å². The van der Waals surface area contributed by atoms with Gasteiger partial charge in [-0.05, 0) is 12.1 Å². The van der Waals surface area contributed by atoms with Crippen LogP contribution in [-0.2, 0) is 7.05 Å². The van der Waals surface area contributed by atoms with E-state index in [0.717, 1.165) is 0 Å².